The van der Waals surface area contributed by atoms with Crippen LogP contribution < -0.4 is 0 Å². The van der Waals surface area contributed by atoms with Gasteiger partial charge in [-0.25, -0.2) is 18.0 Å². The lowest BCUT2D eigenvalue weighted by atomic mass is 10.0. The molecule has 2 aromatic carbocycles. The third-order valence-electron chi connectivity index (χ3n) is 12.8. The quantitative estimate of drug-likeness (QED) is 0.0510. The fraction of sp³-hybridized carbons (Fsp3) is 0.741. The zero-order valence-electron chi connectivity index (χ0n) is 40.5. The van der Waals surface area contributed by atoms with Gasteiger partial charge < -0.3 is 14.7 Å². The molecule has 0 bridgehead atoms. The van der Waals surface area contributed by atoms with Crippen molar-refractivity contribution in [3.8, 4) is 0 Å². The van der Waals surface area contributed by atoms with E-state index >= 15 is 0 Å². The molecule has 356 valence electrons. The molecule has 0 aromatic heterocycles. The molecule has 0 saturated carbocycles. The van der Waals surface area contributed by atoms with Gasteiger partial charge in [-0.05, 0) is 75.6 Å². The molecule has 0 aliphatic rings. The van der Waals surface area contributed by atoms with Gasteiger partial charge in [0.15, 0.2) is 0 Å². The predicted octanol–water partition coefficient (Wildman–Crippen LogP) is 16.3. The first-order chi connectivity index (χ1) is 30.1. The van der Waals surface area contributed by atoms with Crippen LogP contribution in [0.1, 0.15) is 254 Å². The highest BCUT2D eigenvalue weighted by Crippen LogP contribution is 2.27. The topological polar surface area (TPSA) is 109 Å². The largest absolute Gasteiger partial charge is 0.478 e. The molecule has 0 heterocycles. The number of carboxylic acids is 2. The molecular weight excluding hydrogens is 791 g/mol. The van der Waals surface area contributed by atoms with Crippen molar-refractivity contribution >= 4 is 21.8 Å². The van der Waals surface area contributed by atoms with Crippen molar-refractivity contribution in [2.45, 2.75) is 243 Å². The fourth-order valence-corrected chi connectivity index (χ4v) is 10.5. The molecule has 0 atom stereocenters. The molecular formula is C54H94NO6S+. The van der Waals surface area contributed by atoms with E-state index in [2.05, 4.69) is 27.7 Å². The summed E-state index contributed by atoms with van der Waals surface area (Å²) in [6.45, 7) is 15.3. The van der Waals surface area contributed by atoms with Crippen LogP contribution in [-0.2, 0) is 9.84 Å². The number of hydrogen-bond acceptors (Lipinski definition) is 4. The van der Waals surface area contributed by atoms with Gasteiger partial charge in [-0.2, -0.15) is 0 Å². The highest BCUT2D eigenvalue weighted by atomic mass is 32.2. The summed E-state index contributed by atoms with van der Waals surface area (Å²) in [5.41, 5.74) is -0.810. The van der Waals surface area contributed by atoms with E-state index in [1.54, 1.807) is 0 Å². The second-order valence-corrected chi connectivity index (χ2v) is 20.1. The number of rotatable bonds is 40. The second-order valence-electron chi connectivity index (χ2n) is 18.2. The Hall–Kier alpha value is -2.71. The molecule has 62 heavy (non-hydrogen) atoms. The standard InChI is InChI=1S/C40H84N.C14H10O6S/c1-5-9-13-17-21-25-29-33-37-41(38-34-30-26-22-18-14-10-6-2,39-35-31-27-23-19-15-11-7-3)40-36-32-28-24-20-16-12-8-4;15-13(16)9-5-1-3-7-11(9)21(19,20)12-8-4-2-6-10(12)14(17)18/h5-40H2,1-4H3;1-8H,(H,15,16)(H,17,18)/q+1;. The number of hydrogen-bond donors (Lipinski definition) is 2. The Balaban J connectivity index is 0.000000757. The van der Waals surface area contributed by atoms with Gasteiger partial charge in [-0.1, -0.05) is 206 Å². The first-order valence-electron chi connectivity index (χ1n) is 25.8. The van der Waals surface area contributed by atoms with Crippen LogP contribution in [0.25, 0.3) is 0 Å². The van der Waals surface area contributed by atoms with Gasteiger partial charge in [0.2, 0.25) is 9.84 Å². The molecule has 2 rings (SSSR count). The molecule has 2 aromatic rings. The number of quaternary nitrogens is 1. The highest BCUT2D eigenvalue weighted by Gasteiger charge is 2.28. The van der Waals surface area contributed by atoms with Crippen molar-refractivity contribution in [2.75, 3.05) is 26.2 Å². The van der Waals surface area contributed by atoms with E-state index in [9.17, 15) is 18.0 Å². The molecule has 0 aliphatic carbocycles. The summed E-state index contributed by atoms with van der Waals surface area (Å²) in [6.07, 6.45) is 46.7. The third-order valence-corrected chi connectivity index (χ3v) is 14.6. The maximum Gasteiger partial charge on any atom is 0.337 e. The minimum Gasteiger partial charge on any atom is -0.478 e. The Bertz CT molecular complexity index is 1360. The smallest absolute Gasteiger partial charge is 0.337 e. The highest BCUT2D eigenvalue weighted by molar-refractivity contribution is 7.91. The second kappa shape index (κ2) is 37.6. The fourth-order valence-electron chi connectivity index (χ4n) is 8.87. The molecule has 0 aliphatic heterocycles. The maximum atomic E-state index is 12.6. The van der Waals surface area contributed by atoms with Gasteiger partial charge in [0.05, 0.1) is 47.1 Å². The van der Waals surface area contributed by atoms with E-state index < -0.39 is 42.7 Å². The summed E-state index contributed by atoms with van der Waals surface area (Å²) in [5.74, 6) is -2.80. The van der Waals surface area contributed by atoms with E-state index in [0.29, 0.717) is 0 Å². The van der Waals surface area contributed by atoms with Crippen LogP contribution in [-0.4, -0.2) is 61.2 Å². The van der Waals surface area contributed by atoms with Crippen LogP contribution in [0.4, 0.5) is 0 Å². The van der Waals surface area contributed by atoms with Crippen molar-refractivity contribution < 1.29 is 32.7 Å². The van der Waals surface area contributed by atoms with Crippen LogP contribution in [0.5, 0.6) is 0 Å². The minimum absolute atomic E-state index is 0.405. The SMILES string of the molecule is CCCCCCCCCC[N+](CCCCCCCCCC)(CCCCCCCCCC)CCCCCCCCCC.O=C(O)c1ccccc1S(=O)(=O)c1ccccc1C(=O)O. The van der Waals surface area contributed by atoms with E-state index in [1.807, 2.05) is 0 Å². The van der Waals surface area contributed by atoms with E-state index in [-0.39, 0.29) is 0 Å². The molecule has 0 spiro atoms. The van der Waals surface area contributed by atoms with E-state index in [0.717, 1.165) is 24.3 Å². The van der Waals surface area contributed by atoms with Crippen molar-refractivity contribution in [3.05, 3.63) is 59.7 Å². The molecule has 0 fully saturated rings. The Morgan fingerprint density at radius 1 is 0.371 bits per heavy atom. The zero-order valence-corrected chi connectivity index (χ0v) is 41.3. The Labute approximate surface area is 381 Å². The number of carbonyl (C=O) groups is 2. The van der Waals surface area contributed by atoms with Crippen LogP contribution in [0.3, 0.4) is 0 Å². The first-order valence-corrected chi connectivity index (χ1v) is 27.3. The molecule has 8 heteroatoms. The van der Waals surface area contributed by atoms with Gasteiger partial charge >= 0.3 is 11.9 Å². The molecule has 0 saturated heterocycles. The number of sulfone groups is 1. The minimum atomic E-state index is -4.25. The van der Waals surface area contributed by atoms with Crippen molar-refractivity contribution in [3.63, 3.8) is 0 Å². The molecule has 2 N–H and O–H groups in total. The lowest BCUT2D eigenvalue weighted by molar-refractivity contribution is -0.929. The van der Waals surface area contributed by atoms with Gasteiger partial charge in [-0.3, -0.25) is 0 Å². The van der Waals surface area contributed by atoms with Crippen molar-refractivity contribution in [2.24, 2.45) is 0 Å². The summed E-state index contributed by atoms with van der Waals surface area (Å²) in [6, 6.07) is 10.1. The lowest BCUT2D eigenvalue weighted by Gasteiger charge is -2.40. The van der Waals surface area contributed by atoms with E-state index in [4.69, 9.17) is 10.2 Å². The summed E-state index contributed by atoms with van der Waals surface area (Å²) < 4.78 is 26.6. The Morgan fingerprint density at radius 2 is 0.581 bits per heavy atom. The average Bonchev–Trinajstić information content (AvgIpc) is 3.27. The molecule has 0 radical (unpaired) electrons. The van der Waals surface area contributed by atoms with Crippen molar-refractivity contribution in [1.29, 1.82) is 0 Å². The molecule has 0 unspecified atom stereocenters. The van der Waals surface area contributed by atoms with Gasteiger partial charge in [0.25, 0.3) is 0 Å². The average molecular weight is 885 g/mol. The van der Waals surface area contributed by atoms with E-state index in [1.165, 1.54) is 260 Å². The van der Waals surface area contributed by atoms with Gasteiger partial charge in [-0.15, -0.1) is 0 Å². The summed E-state index contributed by atoms with van der Waals surface area (Å²) in [4.78, 5) is 21.4. The predicted molar refractivity (Wildman–Crippen MR) is 262 cm³/mol. The lowest BCUT2D eigenvalue weighted by Crippen LogP contribution is -2.50. The van der Waals surface area contributed by atoms with Crippen LogP contribution >= 0.6 is 0 Å². The zero-order chi connectivity index (χ0) is 45.6. The van der Waals surface area contributed by atoms with Crippen LogP contribution in [0, 0.1) is 0 Å². The number of nitrogens with zero attached hydrogens (tertiary/aromatic N) is 1. The Morgan fingerprint density at radius 3 is 0.806 bits per heavy atom. The summed E-state index contributed by atoms with van der Waals surface area (Å²) >= 11 is 0. The maximum absolute atomic E-state index is 12.6. The normalized spacial score (nSPS) is 11.7. The van der Waals surface area contributed by atoms with Gasteiger partial charge in [0.1, 0.15) is 0 Å². The number of aromatic carboxylic acids is 2. The van der Waals surface area contributed by atoms with Crippen molar-refractivity contribution in [1.82, 2.24) is 0 Å². The number of carboxylic acid groups (broad SMARTS) is 2. The number of benzene rings is 2. The first kappa shape index (κ1) is 57.3. The van der Waals surface area contributed by atoms with Gasteiger partial charge in [0, 0.05) is 0 Å². The molecule has 0 amide bonds. The summed E-state index contributed by atoms with van der Waals surface area (Å²) in [7, 11) is -4.25. The Kier molecular flexibility index (Phi) is 34.8. The monoisotopic (exact) mass is 885 g/mol. The van der Waals surface area contributed by atoms with Crippen LogP contribution in [0.2, 0.25) is 0 Å². The van der Waals surface area contributed by atoms with Crippen LogP contribution in [0.15, 0.2) is 58.3 Å². The summed E-state index contributed by atoms with van der Waals surface area (Å²) in [5, 5.41) is 18.1. The third kappa shape index (κ3) is 26.2. The molecule has 7 nitrogen and oxygen atoms in total. The number of unbranched alkanes of at least 4 members (excludes halogenated alkanes) is 28.